The summed E-state index contributed by atoms with van der Waals surface area (Å²) < 4.78 is 23.5. The molecule has 12 heavy (non-hydrogen) atoms. The van der Waals surface area contributed by atoms with E-state index >= 15 is 0 Å². The molecule has 0 spiro atoms. The molecule has 0 aliphatic heterocycles. The average molecular weight is 282 g/mol. The zero-order chi connectivity index (χ0) is 9.14. The number of ether oxygens (including phenoxy) is 2. The van der Waals surface area contributed by atoms with Gasteiger partial charge in [-0.2, -0.15) is 0 Å². The summed E-state index contributed by atoms with van der Waals surface area (Å²) in [6.45, 7) is 0. The van der Waals surface area contributed by atoms with E-state index in [1.807, 2.05) is 22.6 Å². The molecule has 0 aromatic heterocycles. The van der Waals surface area contributed by atoms with Gasteiger partial charge in [0.25, 0.3) is 0 Å². The van der Waals surface area contributed by atoms with Crippen LogP contribution < -0.4 is 9.47 Å². The number of hydrogen-bond acceptors (Lipinski definition) is 2. The first-order chi connectivity index (χ1) is 5.69. The fourth-order valence-electron chi connectivity index (χ4n) is 0.837. The Kier molecular flexibility index (Phi) is 3.13. The Bertz CT molecular complexity index is 263. The lowest BCUT2D eigenvalue weighted by Crippen LogP contribution is -1.93. The zero-order valence-corrected chi connectivity index (χ0v) is 8.88. The summed E-state index contributed by atoms with van der Waals surface area (Å²) in [6, 6.07) is 2.65. The lowest BCUT2D eigenvalue weighted by atomic mass is 10.3. The number of hydrogen-bond donors (Lipinski definition) is 0. The van der Waals surface area contributed by atoms with Gasteiger partial charge in [-0.05, 0) is 22.6 Å². The molecule has 0 fully saturated rings. The van der Waals surface area contributed by atoms with Gasteiger partial charge in [0.2, 0.25) is 0 Å². The topological polar surface area (TPSA) is 18.5 Å². The van der Waals surface area contributed by atoms with E-state index in [0.29, 0.717) is 11.5 Å². The molecule has 0 heterocycles. The number of benzene rings is 1. The van der Waals surface area contributed by atoms with Crippen LogP contribution in [0.25, 0.3) is 0 Å². The third-order valence-electron chi connectivity index (χ3n) is 1.41. The summed E-state index contributed by atoms with van der Waals surface area (Å²) in [7, 11) is 2.99. The molecule has 0 bridgehead atoms. The fourth-order valence-corrected chi connectivity index (χ4v) is 1.59. The number of methoxy groups -OCH3 is 2. The molecule has 0 amide bonds. The van der Waals surface area contributed by atoms with Crippen molar-refractivity contribution in [2.24, 2.45) is 0 Å². The number of rotatable bonds is 2. The predicted molar refractivity (Wildman–Crippen MR) is 52.2 cm³/mol. The highest BCUT2D eigenvalue weighted by molar-refractivity contribution is 14.1. The standard InChI is InChI=1S/C8H8FIO2/c1-11-6-3-5(9)4-7(12-2)8(6)10/h3-4H,1-2H3. The fraction of sp³-hybridized carbons (Fsp3) is 0.250. The summed E-state index contributed by atoms with van der Waals surface area (Å²) in [5.74, 6) is 0.629. The second-order valence-corrected chi connectivity index (χ2v) is 3.20. The van der Waals surface area contributed by atoms with Gasteiger partial charge in [0, 0.05) is 12.1 Å². The van der Waals surface area contributed by atoms with Crippen LogP contribution in [-0.2, 0) is 0 Å². The van der Waals surface area contributed by atoms with Crippen molar-refractivity contribution in [3.8, 4) is 11.5 Å². The SMILES string of the molecule is COc1cc(F)cc(OC)c1I. The first kappa shape index (κ1) is 9.57. The Morgan fingerprint density at radius 1 is 1.17 bits per heavy atom. The summed E-state index contributed by atoms with van der Waals surface area (Å²) >= 11 is 2.04. The van der Waals surface area contributed by atoms with Crippen LogP contribution in [0.1, 0.15) is 0 Å². The summed E-state index contributed by atoms with van der Waals surface area (Å²) in [6.07, 6.45) is 0. The van der Waals surface area contributed by atoms with Gasteiger partial charge in [-0.25, -0.2) is 4.39 Å². The maximum Gasteiger partial charge on any atom is 0.138 e. The van der Waals surface area contributed by atoms with Crippen LogP contribution in [0, 0.1) is 9.39 Å². The monoisotopic (exact) mass is 282 g/mol. The second kappa shape index (κ2) is 3.93. The van der Waals surface area contributed by atoms with Crippen molar-refractivity contribution in [2.45, 2.75) is 0 Å². The predicted octanol–water partition coefficient (Wildman–Crippen LogP) is 2.45. The Hall–Kier alpha value is -0.520. The van der Waals surface area contributed by atoms with Crippen LogP contribution in [0.2, 0.25) is 0 Å². The van der Waals surface area contributed by atoms with Crippen molar-refractivity contribution >= 4 is 22.6 Å². The van der Waals surface area contributed by atoms with Crippen LogP contribution in [0.3, 0.4) is 0 Å². The van der Waals surface area contributed by atoms with E-state index in [-0.39, 0.29) is 5.82 Å². The average Bonchev–Trinajstić information content (AvgIpc) is 2.08. The van der Waals surface area contributed by atoms with E-state index < -0.39 is 0 Å². The van der Waals surface area contributed by atoms with Gasteiger partial charge >= 0.3 is 0 Å². The van der Waals surface area contributed by atoms with Crippen molar-refractivity contribution in [1.82, 2.24) is 0 Å². The zero-order valence-electron chi connectivity index (χ0n) is 6.73. The third-order valence-corrected chi connectivity index (χ3v) is 2.47. The smallest absolute Gasteiger partial charge is 0.138 e. The molecule has 1 aromatic rings. The quantitative estimate of drug-likeness (QED) is 0.776. The highest BCUT2D eigenvalue weighted by Crippen LogP contribution is 2.30. The van der Waals surface area contributed by atoms with Gasteiger partial charge in [0.15, 0.2) is 0 Å². The minimum Gasteiger partial charge on any atom is -0.495 e. The van der Waals surface area contributed by atoms with Crippen molar-refractivity contribution < 1.29 is 13.9 Å². The molecule has 0 aliphatic rings. The molecule has 0 aliphatic carbocycles. The molecule has 0 N–H and O–H groups in total. The van der Waals surface area contributed by atoms with Gasteiger partial charge in [-0.1, -0.05) is 0 Å². The Balaban J connectivity index is 3.22. The molecule has 1 rings (SSSR count). The highest BCUT2D eigenvalue weighted by atomic mass is 127. The summed E-state index contributed by atoms with van der Waals surface area (Å²) in [5, 5.41) is 0. The number of halogens is 2. The van der Waals surface area contributed by atoms with Gasteiger partial charge in [-0.3, -0.25) is 0 Å². The molecule has 2 nitrogen and oxygen atoms in total. The Labute approximate surface area is 83.8 Å². The van der Waals surface area contributed by atoms with Crippen LogP contribution in [0.5, 0.6) is 11.5 Å². The molecule has 0 saturated carbocycles. The molecular formula is C8H8FIO2. The van der Waals surface area contributed by atoms with Crippen LogP contribution in [-0.4, -0.2) is 14.2 Å². The van der Waals surface area contributed by atoms with Crippen molar-refractivity contribution in [3.63, 3.8) is 0 Å². The molecule has 0 unspecified atom stereocenters. The van der Waals surface area contributed by atoms with Gasteiger partial charge in [-0.15, -0.1) is 0 Å². The molecule has 4 heteroatoms. The molecule has 0 radical (unpaired) electrons. The minimum atomic E-state index is -0.357. The van der Waals surface area contributed by atoms with E-state index in [1.54, 1.807) is 0 Å². The van der Waals surface area contributed by atoms with Crippen LogP contribution in [0.4, 0.5) is 4.39 Å². The largest absolute Gasteiger partial charge is 0.495 e. The maximum absolute atomic E-state index is 12.8. The van der Waals surface area contributed by atoms with Crippen molar-refractivity contribution in [3.05, 3.63) is 21.5 Å². The van der Waals surface area contributed by atoms with E-state index in [0.717, 1.165) is 3.57 Å². The minimum absolute atomic E-state index is 0.357. The Morgan fingerprint density at radius 3 is 1.92 bits per heavy atom. The highest BCUT2D eigenvalue weighted by Gasteiger charge is 2.08. The Morgan fingerprint density at radius 2 is 1.58 bits per heavy atom. The normalized spacial score (nSPS) is 9.67. The van der Waals surface area contributed by atoms with E-state index in [4.69, 9.17) is 9.47 Å². The maximum atomic E-state index is 12.8. The first-order valence-corrected chi connectivity index (χ1v) is 4.34. The third kappa shape index (κ3) is 1.80. The van der Waals surface area contributed by atoms with Gasteiger partial charge in [0.05, 0.1) is 17.8 Å². The van der Waals surface area contributed by atoms with Gasteiger partial charge in [0.1, 0.15) is 17.3 Å². The van der Waals surface area contributed by atoms with Crippen molar-refractivity contribution in [2.75, 3.05) is 14.2 Å². The summed E-state index contributed by atoms with van der Waals surface area (Å²) in [4.78, 5) is 0. The molecule has 0 saturated heterocycles. The molecule has 0 atom stereocenters. The molecule has 66 valence electrons. The van der Waals surface area contributed by atoms with E-state index in [1.165, 1.54) is 26.4 Å². The van der Waals surface area contributed by atoms with Crippen LogP contribution >= 0.6 is 22.6 Å². The lowest BCUT2D eigenvalue weighted by Gasteiger charge is -2.07. The van der Waals surface area contributed by atoms with E-state index in [2.05, 4.69) is 0 Å². The van der Waals surface area contributed by atoms with E-state index in [9.17, 15) is 4.39 Å². The molecular weight excluding hydrogens is 274 g/mol. The second-order valence-electron chi connectivity index (χ2n) is 2.12. The first-order valence-electron chi connectivity index (χ1n) is 3.26. The molecule has 1 aromatic carbocycles. The summed E-state index contributed by atoms with van der Waals surface area (Å²) in [5.41, 5.74) is 0. The van der Waals surface area contributed by atoms with Gasteiger partial charge < -0.3 is 9.47 Å². The lowest BCUT2D eigenvalue weighted by molar-refractivity contribution is 0.383. The van der Waals surface area contributed by atoms with Crippen molar-refractivity contribution in [1.29, 1.82) is 0 Å². The van der Waals surface area contributed by atoms with Crippen LogP contribution in [0.15, 0.2) is 12.1 Å².